The minimum Gasteiger partial charge on any atom is -0.436 e. The molecule has 0 spiro atoms. The Morgan fingerprint density at radius 2 is 1.48 bits per heavy atom. The third-order valence-corrected chi connectivity index (χ3v) is 4.40. The molecular formula is C23H15N3O. The lowest BCUT2D eigenvalue weighted by atomic mass is 10.2. The summed E-state index contributed by atoms with van der Waals surface area (Å²) in [4.78, 5) is 13.9. The molecule has 0 saturated carbocycles. The Morgan fingerprint density at radius 1 is 0.667 bits per heavy atom. The van der Waals surface area contributed by atoms with Crippen molar-refractivity contribution in [3.63, 3.8) is 0 Å². The lowest BCUT2D eigenvalue weighted by Gasteiger charge is -2.11. The highest BCUT2D eigenvalue weighted by Crippen LogP contribution is 2.32. The normalized spacial score (nSPS) is 11.0. The molecule has 0 aliphatic carbocycles. The number of pyridine rings is 1. The first kappa shape index (κ1) is 15.5. The fourth-order valence-corrected chi connectivity index (χ4v) is 3.10. The number of aromatic nitrogens is 3. The van der Waals surface area contributed by atoms with Crippen molar-refractivity contribution in [1.82, 2.24) is 15.0 Å². The van der Waals surface area contributed by atoms with E-state index in [9.17, 15) is 0 Å². The first-order valence-corrected chi connectivity index (χ1v) is 8.72. The maximum absolute atomic E-state index is 6.25. The van der Waals surface area contributed by atoms with Crippen LogP contribution in [0.3, 0.4) is 0 Å². The van der Waals surface area contributed by atoms with Crippen molar-refractivity contribution < 1.29 is 4.74 Å². The zero-order valence-corrected chi connectivity index (χ0v) is 14.4. The van der Waals surface area contributed by atoms with Crippen molar-refractivity contribution in [3.05, 3.63) is 91.1 Å². The molecule has 0 amide bonds. The molecule has 4 heteroatoms. The zero-order valence-electron chi connectivity index (χ0n) is 14.4. The van der Waals surface area contributed by atoms with Crippen molar-refractivity contribution >= 4 is 21.8 Å². The third-order valence-electron chi connectivity index (χ3n) is 4.40. The number of hydrogen-bond acceptors (Lipinski definition) is 4. The first-order valence-electron chi connectivity index (χ1n) is 8.72. The summed E-state index contributed by atoms with van der Waals surface area (Å²) < 4.78 is 6.25. The molecule has 2 heterocycles. The highest BCUT2D eigenvalue weighted by atomic mass is 16.5. The molecule has 0 bridgehead atoms. The molecule has 0 aliphatic heterocycles. The van der Waals surface area contributed by atoms with Crippen molar-refractivity contribution in [2.45, 2.75) is 0 Å². The molecule has 5 rings (SSSR count). The largest absolute Gasteiger partial charge is 0.436 e. The van der Waals surface area contributed by atoms with Crippen LogP contribution in [0, 0.1) is 0 Å². The van der Waals surface area contributed by atoms with Crippen LogP contribution in [0.5, 0.6) is 11.6 Å². The summed E-state index contributed by atoms with van der Waals surface area (Å²) in [5, 5.41) is 1.89. The second kappa shape index (κ2) is 6.50. The molecular weight excluding hydrogens is 334 g/mol. The van der Waals surface area contributed by atoms with Crippen molar-refractivity contribution in [3.8, 4) is 23.0 Å². The smallest absolute Gasteiger partial charge is 0.230 e. The Balaban J connectivity index is 1.70. The predicted octanol–water partition coefficient (Wildman–Crippen LogP) is 5.64. The van der Waals surface area contributed by atoms with Gasteiger partial charge in [0.05, 0.1) is 10.9 Å². The molecule has 3 aromatic carbocycles. The predicted molar refractivity (Wildman–Crippen MR) is 107 cm³/mol. The van der Waals surface area contributed by atoms with Crippen molar-refractivity contribution in [1.29, 1.82) is 0 Å². The van der Waals surface area contributed by atoms with Gasteiger partial charge < -0.3 is 4.74 Å². The van der Waals surface area contributed by atoms with Crippen LogP contribution < -0.4 is 4.74 Å². The zero-order chi connectivity index (χ0) is 18.1. The van der Waals surface area contributed by atoms with Gasteiger partial charge in [-0.2, -0.15) is 4.98 Å². The first-order chi connectivity index (χ1) is 13.4. The van der Waals surface area contributed by atoms with Gasteiger partial charge in [0.15, 0.2) is 11.6 Å². The molecule has 0 radical (unpaired) electrons. The molecule has 128 valence electrons. The van der Waals surface area contributed by atoms with Crippen LogP contribution in [0.1, 0.15) is 0 Å². The van der Waals surface area contributed by atoms with Gasteiger partial charge in [-0.1, -0.05) is 60.7 Å². The highest BCUT2D eigenvalue weighted by Gasteiger charge is 2.12. The van der Waals surface area contributed by atoms with Gasteiger partial charge in [-0.05, 0) is 24.3 Å². The van der Waals surface area contributed by atoms with Gasteiger partial charge in [0.25, 0.3) is 0 Å². The molecule has 5 aromatic rings. The summed E-state index contributed by atoms with van der Waals surface area (Å²) in [6.45, 7) is 0. The quantitative estimate of drug-likeness (QED) is 0.423. The van der Waals surface area contributed by atoms with Crippen LogP contribution >= 0.6 is 0 Å². The molecule has 0 fully saturated rings. The number of rotatable bonds is 3. The summed E-state index contributed by atoms with van der Waals surface area (Å²) >= 11 is 0. The molecule has 4 nitrogen and oxygen atoms in total. The summed E-state index contributed by atoms with van der Waals surface area (Å²) in [5.41, 5.74) is 2.60. The standard InChI is InChI=1S/C23H15N3O/c1-2-8-17(9-3-1)22-25-19-13-5-4-12-18(19)23(26-22)27-20-14-6-10-16-11-7-15-24-21(16)20/h1-15H. The number of ether oxygens (including phenoxy) is 1. The third kappa shape index (κ3) is 2.87. The van der Waals surface area contributed by atoms with Gasteiger partial charge in [0, 0.05) is 17.1 Å². The average Bonchev–Trinajstić information content (AvgIpc) is 2.74. The van der Waals surface area contributed by atoms with Crippen LogP contribution in [0.15, 0.2) is 91.1 Å². The van der Waals surface area contributed by atoms with Gasteiger partial charge in [-0.3, -0.25) is 4.98 Å². The highest BCUT2D eigenvalue weighted by molar-refractivity contribution is 5.88. The monoisotopic (exact) mass is 349 g/mol. The van der Waals surface area contributed by atoms with E-state index in [1.807, 2.05) is 84.9 Å². The molecule has 0 atom stereocenters. The number of hydrogen-bond donors (Lipinski definition) is 0. The van der Waals surface area contributed by atoms with E-state index in [0.717, 1.165) is 27.4 Å². The summed E-state index contributed by atoms with van der Waals surface area (Å²) in [5.74, 6) is 1.84. The molecule has 2 aromatic heterocycles. The van der Waals surface area contributed by atoms with E-state index in [4.69, 9.17) is 14.7 Å². The summed E-state index contributed by atoms with van der Waals surface area (Å²) in [6.07, 6.45) is 1.77. The molecule has 27 heavy (non-hydrogen) atoms. The molecule has 0 N–H and O–H groups in total. The minimum atomic E-state index is 0.526. The summed E-state index contributed by atoms with van der Waals surface area (Å²) in [6, 6.07) is 27.6. The second-order valence-corrected chi connectivity index (χ2v) is 6.17. The summed E-state index contributed by atoms with van der Waals surface area (Å²) in [7, 11) is 0. The molecule has 0 aliphatic rings. The lowest BCUT2D eigenvalue weighted by Crippen LogP contribution is -1.96. The Bertz CT molecular complexity index is 1250. The SMILES string of the molecule is c1ccc(-c2nc(Oc3cccc4cccnc34)c3ccccc3n2)cc1. The molecule has 0 unspecified atom stereocenters. The van der Waals surface area contributed by atoms with E-state index in [1.165, 1.54) is 0 Å². The van der Waals surface area contributed by atoms with Crippen molar-refractivity contribution in [2.24, 2.45) is 0 Å². The molecule has 0 saturated heterocycles. The van der Waals surface area contributed by atoms with Gasteiger partial charge >= 0.3 is 0 Å². The Morgan fingerprint density at radius 3 is 2.41 bits per heavy atom. The fraction of sp³-hybridized carbons (Fsp3) is 0. The topological polar surface area (TPSA) is 47.9 Å². The minimum absolute atomic E-state index is 0.526. The number of para-hydroxylation sites is 2. The van der Waals surface area contributed by atoms with E-state index >= 15 is 0 Å². The maximum atomic E-state index is 6.25. The second-order valence-electron chi connectivity index (χ2n) is 6.17. The average molecular weight is 349 g/mol. The number of benzene rings is 3. The van der Waals surface area contributed by atoms with Crippen molar-refractivity contribution in [2.75, 3.05) is 0 Å². The van der Waals surface area contributed by atoms with Gasteiger partial charge in [0.2, 0.25) is 5.88 Å². The van der Waals surface area contributed by atoms with E-state index < -0.39 is 0 Å². The van der Waals surface area contributed by atoms with Gasteiger partial charge in [0.1, 0.15) is 5.52 Å². The van der Waals surface area contributed by atoms with Crippen LogP contribution in [0.4, 0.5) is 0 Å². The number of nitrogens with zero attached hydrogens (tertiary/aromatic N) is 3. The number of fused-ring (bicyclic) bond motifs is 2. The van der Waals surface area contributed by atoms with E-state index in [2.05, 4.69) is 4.98 Å². The van der Waals surface area contributed by atoms with Crippen LogP contribution in [0.2, 0.25) is 0 Å². The van der Waals surface area contributed by atoms with Crippen LogP contribution in [-0.2, 0) is 0 Å². The Kier molecular flexibility index (Phi) is 3.72. The van der Waals surface area contributed by atoms with Gasteiger partial charge in [-0.25, -0.2) is 4.98 Å². The Labute approximate surface area is 156 Å². The fourth-order valence-electron chi connectivity index (χ4n) is 3.10. The lowest BCUT2D eigenvalue weighted by molar-refractivity contribution is 0.473. The van der Waals surface area contributed by atoms with E-state index in [1.54, 1.807) is 6.20 Å². The van der Waals surface area contributed by atoms with Crippen LogP contribution in [0.25, 0.3) is 33.2 Å². The van der Waals surface area contributed by atoms with Gasteiger partial charge in [-0.15, -0.1) is 0 Å². The van der Waals surface area contributed by atoms with Crippen LogP contribution in [-0.4, -0.2) is 15.0 Å². The Hall–Kier alpha value is -3.79. The van der Waals surface area contributed by atoms with E-state index in [-0.39, 0.29) is 0 Å². The maximum Gasteiger partial charge on any atom is 0.230 e. The van der Waals surface area contributed by atoms with E-state index in [0.29, 0.717) is 17.5 Å².